The monoisotopic (exact) mass is 335 g/mol. The van der Waals surface area contributed by atoms with E-state index in [0.717, 1.165) is 12.8 Å². The lowest BCUT2D eigenvalue weighted by Crippen LogP contribution is -2.58. The number of nitrogens with zero attached hydrogens (tertiary/aromatic N) is 1. The third kappa shape index (κ3) is 1.74. The summed E-state index contributed by atoms with van der Waals surface area (Å²) >= 11 is 0. The third-order valence-electron chi connectivity index (χ3n) is 8.47. The van der Waals surface area contributed by atoms with Gasteiger partial charge in [-0.05, 0) is 67.4 Å². The van der Waals surface area contributed by atoms with Crippen LogP contribution in [-0.4, -0.2) is 10.4 Å². The molecule has 25 heavy (non-hydrogen) atoms. The van der Waals surface area contributed by atoms with Gasteiger partial charge in [-0.25, -0.2) is 0 Å². The fraction of sp³-hybridized carbons (Fsp3) is 0.609. The van der Waals surface area contributed by atoms with Crippen molar-refractivity contribution < 1.29 is 4.79 Å². The Kier molecular flexibility index (Phi) is 2.87. The Balaban J connectivity index is 1.66. The van der Waals surface area contributed by atoms with Crippen LogP contribution in [0.15, 0.2) is 30.3 Å². The first kappa shape index (κ1) is 15.7. The SMILES string of the molecule is CC1(C)C(=O)CC[C@]2(C)[C@H]3Cc4cc5ccccc5n4[C@@]3(C)CC[C@@H]12. The zero-order valence-corrected chi connectivity index (χ0v) is 15.9. The van der Waals surface area contributed by atoms with Gasteiger partial charge in [-0.3, -0.25) is 4.79 Å². The van der Waals surface area contributed by atoms with E-state index in [9.17, 15) is 4.79 Å². The number of fused-ring (bicyclic) bond motifs is 7. The van der Waals surface area contributed by atoms with Crippen molar-refractivity contribution in [2.24, 2.45) is 22.7 Å². The molecular formula is C23H29NO. The second kappa shape index (κ2) is 4.58. The van der Waals surface area contributed by atoms with Gasteiger partial charge in [0.25, 0.3) is 0 Å². The summed E-state index contributed by atoms with van der Waals surface area (Å²) in [6.07, 6.45) is 5.38. The minimum Gasteiger partial charge on any atom is -0.338 e. The molecule has 2 heteroatoms. The van der Waals surface area contributed by atoms with Crippen LogP contribution in [-0.2, 0) is 16.8 Å². The Hall–Kier alpha value is -1.57. The lowest BCUT2D eigenvalue weighted by atomic mass is 9.45. The molecule has 2 aromatic rings. The lowest BCUT2D eigenvalue weighted by Gasteiger charge is -2.60. The van der Waals surface area contributed by atoms with Crippen molar-refractivity contribution in [2.75, 3.05) is 0 Å². The van der Waals surface area contributed by atoms with Crippen LogP contribution >= 0.6 is 0 Å². The highest BCUT2D eigenvalue weighted by atomic mass is 16.1. The van der Waals surface area contributed by atoms with Gasteiger partial charge in [-0.1, -0.05) is 39.0 Å². The predicted octanol–water partition coefficient (Wildman–Crippen LogP) is 5.33. The number of carbonyl (C=O) groups excluding carboxylic acids is 1. The van der Waals surface area contributed by atoms with E-state index < -0.39 is 0 Å². The molecule has 0 saturated heterocycles. The van der Waals surface area contributed by atoms with E-state index in [4.69, 9.17) is 0 Å². The van der Waals surface area contributed by atoms with Gasteiger partial charge in [-0.15, -0.1) is 0 Å². The van der Waals surface area contributed by atoms with Crippen LogP contribution in [0.25, 0.3) is 10.9 Å². The molecule has 1 aliphatic heterocycles. The number of hydrogen-bond acceptors (Lipinski definition) is 1. The van der Waals surface area contributed by atoms with Crippen LogP contribution in [0.5, 0.6) is 0 Å². The van der Waals surface area contributed by atoms with E-state index in [0.29, 0.717) is 17.6 Å². The first-order valence-electron chi connectivity index (χ1n) is 9.92. The fourth-order valence-corrected chi connectivity index (χ4v) is 7.22. The Labute approximate surface area is 150 Å². The molecule has 2 heterocycles. The van der Waals surface area contributed by atoms with Crippen LogP contribution in [0.4, 0.5) is 0 Å². The number of ketones is 1. The molecule has 0 unspecified atom stereocenters. The second-order valence-electron chi connectivity index (χ2n) is 9.89. The molecule has 1 aromatic heterocycles. The molecule has 0 bridgehead atoms. The van der Waals surface area contributed by atoms with Crippen molar-refractivity contribution in [3.05, 3.63) is 36.0 Å². The summed E-state index contributed by atoms with van der Waals surface area (Å²) in [4.78, 5) is 12.6. The molecular weight excluding hydrogens is 306 g/mol. The van der Waals surface area contributed by atoms with Gasteiger partial charge in [0.2, 0.25) is 0 Å². The average molecular weight is 335 g/mol. The van der Waals surface area contributed by atoms with Crippen molar-refractivity contribution in [2.45, 2.75) is 65.3 Å². The molecule has 4 atom stereocenters. The molecule has 0 spiro atoms. The Morgan fingerprint density at radius 3 is 2.60 bits per heavy atom. The molecule has 1 aromatic carbocycles. The normalized spacial score (nSPS) is 39.1. The number of benzene rings is 1. The molecule has 0 radical (unpaired) electrons. The number of aromatic nitrogens is 1. The minimum absolute atomic E-state index is 0.159. The quantitative estimate of drug-likeness (QED) is 0.637. The van der Waals surface area contributed by atoms with Crippen molar-refractivity contribution in [3.8, 4) is 0 Å². The van der Waals surface area contributed by atoms with Gasteiger partial charge < -0.3 is 4.57 Å². The predicted molar refractivity (Wildman–Crippen MR) is 102 cm³/mol. The number of hydrogen-bond donors (Lipinski definition) is 0. The Morgan fingerprint density at radius 1 is 1.04 bits per heavy atom. The lowest BCUT2D eigenvalue weighted by molar-refractivity contribution is -0.154. The van der Waals surface area contributed by atoms with Crippen molar-refractivity contribution in [1.82, 2.24) is 4.57 Å². The first-order chi connectivity index (χ1) is 11.8. The molecule has 132 valence electrons. The minimum atomic E-state index is -0.159. The first-order valence-corrected chi connectivity index (χ1v) is 9.92. The highest BCUT2D eigenvalue weighted by Gasteiger charge is 2.63. The van der Waals surface area contributed by atoms with Gasteiger partial charge in [-0.2, -0.15) is 0 Å². The molecule has 5 rings (SSSR count). The number of para-hydroxylation sites is 1. The Bertz CT molecular complexity index is 891. The van der Waals surface area contributed by atoms with Gasteiger partial charge >= 0.3 is 0 Å². The van der Waals surface area contributed by atoms with E-state index in [1.54, 1.807) is 0 Å². The fourth-order valence-electron chi connectivity index (χ4n) is 7.22. The molecule has 2 fully saturated rings. The van der Waals surface area contributed by atoms with Gasteiger partial charge in [0.1, 0.15) is 5.78 Å². The van der Waals surface area contributed by atoms with Gasteiger partial charge in [0.15, 0.2) is 0 Å². The average Bonchev–Trinajstić information content (AvgIpc) is 3.07. The summed E-state index contributed by atoms with van der Waals surface area (Å²) < 4.78 is 2.66. The zero-order chi connectivity index (χ0) is 17.6. The van der Waals surface area contributed by atoms with Gasteiger partial charge in [0.05, 0.1) is 0 Å². The maximum Gasteiger partial charge on any atom is 0.138 e. The summed E-state index contributed by atoms with van der Waals surface area (Å²) in [7, 11) is 0. The maximum atomic E-state index is 12.6. The van der Waals surface area contributed by atoms with Crippen molar-refractivity contribution in [1.29, 1.82) is 0 Å². The molecule has 0 N–H and O–H groups in total. The van der Waals surface area contributed by atoms with E-state index in [-0.39, 0.29) is 16.4 Å². The zero-order valence-electron chi connectivity index (χ0n) is 15.9. The van der Waals surface area contributed by atoms with Crippen LogP contribution < -0.4 is 0 Å². The third-order valence-corrected chi connectivity index (χ3v) is 8.47. The molecule has 0 amide bonds. The molecule has 2 aliphatic carbocycles. The smallest absolute Gasteiger partial charge is 0.138 e. The molecule has 2 saturated carbocycles. The van der Waals surface area contributed by atoms with Crippen LogP contribution in [0, 0.1) is 22.7 Å². The second-order valence-corrected chi connectivity index (χ2v) is 9.89. The number of carbonyl (C=O) groups is 1. The summed E-state index contributed by atoms with van der Waals surface area (Å²) in [5.74, 6) is 1.66. The van der Waals surface area contributed by atoms with Gasteiger partial charge in [0, 0.05) is 28.6 Å². The van der Waals surface area contributed by atoms with E-state index >= 15 is 0 Å². The number of Topliss-reactive ketones (excluding diaryl/α,β-unsaturated/α-hetero) is 1. The Morgan fingerprint density at radius 2 is 1.80 bits per heavy atom. The van der Waals surface area contributed by atoms with Crippen LogP contribution in [0.1, 0.15) is 59.1 Å². The number of rotatable bonds is 0. The summed E-state index contributed by atoms with van der Waals surface area (Å²) in [5.41, 5.74) is 3.21. The van der Waals surface area contributed by atoms with Crippen LogP contribution in [0.2, 0.25) is 0 Å². The van der Waals surface area contributed by atoms with Crippen molar-refractivity contribution in [3.63, 3.8) is 0 Å². The van der Waals surface area contributed by atoms with E-state index in [1.165, 1.54) is 35.9 Å². The molecule has 2 nitrogen and oxygen atoms in total. The summed E-state index contributed by atoms with van der Waals surface area (Å²) in [6, 6.07) is 11.3. The standard InChI is InChI=1S/C23H29NO/c1-21(2)18-9-12-23(4)19(22(18,3)11-10-20(21)25)14-16-13-15-7-5-6-8-17(15)24(16)23/h5-8,13,18-19H,9-12,14H2,1-4H3/t18-,19+,22-,23-/m0/s1. The highest BCUT2D eigenvalue weighted by Crippen LogP contribution is 2.65. The molecule has 3 aliphatic rings. The van der Waals surface area contributed by atoms with E-state index in [2.05, 4.69) is 62.6 Å². The maximum absolute atomic E-state index is 12.6. The van der Waals surface area contributed by atoms with E-state index in [1.807, 2.05) is 0 Å². The topological polar surface area (TPSA) is 22.0 Å². The highest BCUT2D eigenvalue weighted by molar-refractivity contribution is 5.86. The summed E-state index contributed by atoms with van der Waals surface area (Å²) in [5, 5.41) is 1.38. The largest absolute Gasteiger partial charge is 0.338 e. The van der Waals surface area contributed by atoms with Crippen LogP contribution in [0.3, 0.4) is 0 Å². The van der Waals surface area contributed by atoms with Crippen molar-refractivity contribution >= 4 is 16.7 Å². The summed E-state index contributed by atoms with van der Waals surface area (Å²) in [6.45, 7) is 9.42.